The lowest BCUT2D eigenvalue weighted by Crippen LogP contribution is -2.41. The second kappa shape index (κ2) is 11.0. The third kappa shape index (κ3) is 6.66. The summed E-state index contributed by atoms with van der Waals surface area (Å²) in [6.07, 6.45) is 2.63. The molecular weight excluding hydrogens is 458 g/mol. The predicted molar refractivity (Wildman–Crippen MR) is 125 cm³/mol. The van der Waals surface area contributed by atoms with Gasteiger partial charge in [-0.05, 0) is 42.5 Å². The van der Waals surface area contributed by atoms with E-state index in [1.54, 1.807) is 30.5 Å². The Balaban J connectivity index is 1.56. The molecule has 2 heterocycles. The summed E-state index contributed by atoms with van der Waals surface area (Å²) < 4.78 is 0. The first-order valence-corrected chi connectivity index (χ1v) is 10.6. The molecular formula is C22H25N7O6. The van der Waals surface area contributed by atoms with E-state index < -0.39 is 36.3 Å². The number of aromatic nitrogens is 3. The van der Waals surface area contributed by atoms with E-state index in [2.05, 4.69) is 25.6 Å². The Morgan fingerprint density at radius 3 is 2.40 bits per heavy atom. The van der Waals surface area contributed by atoms with E-state index in [1.807, 2.05) is 0 Å². The molecule has 2 aromatic heterocycles. The van der Waals surface area contributed by atoms with Crippen molar-refractivity contribution in [1.82, 2.24) is 25.6 Å². The number of rotatable bonds is 11. The number of carbonyl (C=O) groups excluding carboxylic acids is 2. The molecule has 0 aliphatic carbocycles. The molecule has 0 bridgehead atoms. The van der Waals surface area contributed by atoms with Gasteiger partial charge < -0.3 is 37.3 Å². The lowest BCUT2D eigenvalue weighted by molar-refractivity contribution is -0.140. The number of anilines is 2. The van der Waals surface area contributed by atoms with E-state index in [-0.39, 0.29) is 24.4 Å². The molecule has 0 aliphatic heterocycles. The van der Waals surface area contributed by atoms with Crippen LogP contribution in [0.15, 0.2) is 30.5 Å². The van der Waals surface area contributed by atoms with Crippen molar-refractivity contribution < 1.29 is 29.4 Å². The van der Waals surface area contributed by atoms with Gasteiger partial charge in [-0.15, -0.1) is 0 Å². The minimum atomic E-state index is -1.30. The average molecular weight is 483 g/mol. The number of carboxylic acids is 2. The van der Waals surface area contributed by atoms with Crippen LogP contribution in [0, 0.1) is 0 Å². The van der Waals surface area contributed by atoms with Crippen LogP contribution in [0.2, 0.25) is 0 Å². The number of nitrogens with one attached hydrogen (secondary N) is 3. The molecule has 9 N–H and O–H groups in total. The topological polar surface area (TPSA) is 226 Å². The Labute approximate surface area is 198 Å². The highest BCUT2D eigenvalue weighted by molar-refractivity contribution is 5.96. The van der Waals surface area contributed by atoms with Gasteiger partial charge in [0.1, 0.15) is 24.1 Å². The number of carboxylic acid groups (broad SMARTS) is 2. The lowest BCUT2D eigenvalue weighted by atomic mass is 10.0. The molecule has 1 aromatic carbocycles. The van der Waals surface area contributed by atoms with E-state index in [0.29, 0.717) is 29.7 Å². The van der Waals surface area contributed by atoms with Crippen molar-refractivity contribution in [2.24, 2.45) is 0 Å². The maximum Gasteiger partial charge on any atom is 0.326 e. The maximum atomic E-state index is 12.5. The van der Waals surface area contributed by atoms with Gasteiger partial charge in [-0.2, -0.15) is 9.97 Å². The highest BCUT2D eigenvalue weighted by Gasteiger charge is 2.22. The molecule has 1 atom stereocenters. The fourth-order valence-corrected chi connectivity index (χ4v) is 3.48. The van der Waals surface area contributed by atoms with Gasteiger partial charge in [-0.3, -0.25) is 14.4 Å². The van der Waals surface area contributed by atoms with Gasteiger partial charge in [0.25, 0.3) is 5.91 Å². The third-order valence-electron chi connectivity index (χ3n) is 5.26. The number of nitrogen functional groups attached to an aromatic ring is 2. The minimum Gasteiger partial charge on any atom is -0.480 e. The van der Waals surface area contributed by atoms with Gasteiger partial charge in [0.05, 0.1) is 5.39 Å². The Bertz CT molecular complexity index is 1260. The number of benzene rings is 1. The average Bonchev–Trinajstić information content (AvgIpc) is 3.22. The number of nitrogens with two attached hydrogens (primary N) is 2. The van der Waals surface area contributed by atoms with E-state index in [1.165, 1.54) is 0 Å². The fourth-order valence-electron chi connectivity index (χ4n) is 3.48. The van der Waals surface area contributed by atoms with E-state index in [4.69, 9.17) is 16.6 Å². The van der Waals surface area contributed by atoms with E-state index in [0.717, 1.165) is 11.1 Å². The van der Waals surface area contributed by atoms with Crippen LogP contribution in [0.3, 0.4) is 0 Å². The SMILES string of the molecule is Nc1nc(N)c2c(CCc3ccc(C(=O)N[C@@H](CCC(=O)NCC(=O)O)C(=O)O)cc3)c[nH]c2n1. The standard InChI is InChI=1S/C22H25N7O6/c23-18-17-13(9-26-19(17)29-22(24)28-18)6-3-11-1-4-12(5-2-11)20(33)27-14(21(34)35)7-8-15(30)25-10-16(31)32/h1-2,4-5,9,14H,3,6-8,10H2,(H,25,30)(H,27,33)(H,31,32)(H,34,35)(H5,23,24,26,28,29)/t14-/m0/s1. The zero-order valence-corrected chi connectivity index (χ0v) is 18.6. The van der Waals surface area contributed by atoms with Gasteiger partial charge in [0.15, 0.2) is 0 Å². The van der Waals surface area contributed by atoms with E-state index >= 15 is 0 Å². The number of aromatic amines is 1. The van der Waals surface area contributed by atoms with Crippen molar-refractivity contribution in [1.29, 1.82) is 0 Å². The van der Waals surface area contributed by atoms with Gasteiger partial charge in [0.2, 0.25) is 11.9 Å². The number of hydrogen-bond acceptors (Lipinski definition) is 8. The number of hydrogen-bond donors (Lipinski definition) is 7. The summed E-state index contributed by atoms with van der Waals surface area (Å²) in [5.41, 5.74) is 14.3. The van der Waals surface area contributed by atoms with Crippen molar-refractivity contribution in [3.8, 4) is 0 Å². The minimum absolute atomic E-state index is 0.0869. The number of H-pyrrole nitrogens is 1. The summed E-state index contributed by atoms with van der Waals surface area (Å²) in [4.78, 5) is 57.2. The highest BCUT2D eigenvalue weighted by Crippen LogP contribution is 2.24. The Morgan fingerprint density at radius 1 is 1.03 bits per heavy atom. The summed E-state index contributed by atoms with van der Waals surface area (Å²) in [6, 6.07) is 5.38. The van der Waals surface area contributed by atoms with Crippen LogP contribution in [0.5, 0.6) is 0 Å². The molecule has 184 valence electrons. The van der Waals surface area contributed by atoms with Crippen molar-refractivity contribution in [2.45, 2.75) is 31.7 Å². The molecule has 0 saturated carbocycles. The van der Waals surface area contributed by atoms with Crippen LogP contribution in [-0.2, 0) is 27.2 Å². The number of aliphatic carboxylic acids is 2. The first-order valence-electron chi connectivity index (χ1n) is 10.6. The van der Waals surface area contributed by atoms with Gasteiger partial charge in [-0.25, -0.2) is 4.79 Å². The molecule has 0 saturated heterocycles. The summed E-state index contributed by atoms with van der Waals surface area (Å²) in [5.74, 6) is -3.36. The normalized spacial score (nSPS) is 11.7. The van der Waals surface area contributed by atoms with Crippen molar-refractivity contribution in [3.05, 3.63) is 47.2 Å². The van der Waals surface area contributed by atoms with Crippen molar-refractivity contribution >= 4 is 46.6 Å². The molecule has 0 radical (unpaired) electrons. The van der Waals surface area contributed by atoms with Crippen molar-refractivity contribution in [3.63, 3.8) is 0 Å². The number of aryl methyl sites for hydroxylation is 2. The van der Waals surface area contributed by atoms with Gasteiger partial charge in [-0.1, -0.05) is 12.1 Å². The van der Waals surface area contributed by atoms with Crippen LogP contribution in [0.1, 0.15) is 34.3 Å². The molecule has 35 heavy (non-hydrogen) atoms. The Hall–Kier alpha value is -4.68. The molecule has 0 spiro atoms. The molecule has 3 aromatic rings. The first kappa shape index (κ1) is 25.0. The molecule has 13 nitrogen and oxygen atoms in total. The third-order valence-corrected chi connectivity index (χ3v) is 5.26. The quantitative estimate of drug-likeness (QED) is 0.194. The smallest absolute Gasteiger partial charge is 0.326 e. The number of carbonyl (C=O) groups is 4. The Morgan fingerprint density at radius 2 is 1.74 bits per heavy atom. The van der Waals surface area contributed by atoms with Gasteiger partial charge >= 0.3 is 11.9 Å². The second-order valence-corrected chi connectivity index (χ2v) is 7.77. The largest absolute Gasteiger partial charge is 0.480 e. The van der Waals surface area contributed by atoms with Crippen LogP contribution < -0.4 is 22.1 Å². The monoisotopic (exact) mass is 483 g/mol. The molecule has 13 heteroatoms. The van der Waals surface area contributed by atoms with Gasteiger partial charge in [0, 0.05) is 18.2 Å². The Kier molecular flexibility index (Phi) is 7.81. The van der Waals surface area contributed by atoms with E-state index in [9.17, 15) is 24.3 Å². The summed E-state index contributed by atoms with van der Waals surface area (Å²) in [5, 5.41) is 23.1. The zero-order valence-electron chi connectivity index (χ0n) is 18.6. The second-order valence-electron chi connectivity index (χ2n) is 7.77. The summed E-state index contributed by atoms with van der Waals surface area (Å²) in [7, 11) is 0. The van der Waals surface area contributed by atoms with Crippen LogP contribution in [0.4, 0.5) is 11.8 Å². The van der Waals surface area contributed by atoms with Crippen LogP contribution in [-0.4, -0.2) is 61.5 Å². The molecule has 0 fully saturated rings. The number of amides is 2. The summed E-state index contributed by atoms with van der Waals surface area (Å²) in [6.45, 7) is -0.564. The number of nitrogens with zero attached hydrogens (tertiary/aromatic N) is 2. The lowest BCUT2D eigenvalue weighted by Gasteiger charge is -2.14. The molecule has 3 rings (SSSR count). The fraction of sp³-hybridized carbons (Fsp3) is 0.273. The summed E-state index contributed by atoms with van der Waals surface area (Å²) >= 11 is 0. The van der Waals surface area contributed by atoms with Crippen LogP contribution >= 0.6 is 0 Å². The predicted octanol–water partition coefficient (Wildman–Crippen LogP) is 0.0715. The highest BCUT2D eigenvalue weighted by atomic mass is 16.4. The van der Waals surface area contributed by atoms with Crippen LogP contribution in [0.25, 0.3) is 11.0 Å². The first-order chi connectivity index (χ1) is 16.6. The number of fused-ring (bicyclic) bond motifs is 1. The van der Waals surface area contributed by atoms with Crippen molar-refractivity contribution in [2.75, 3.05) is 18.0 Å². The molecule has 0 unspecified atom stereocenters. The zero-order chi connectivity index (χ0) is 25.5. The molecule has 0 aliphatic rings. The maximum absolute atomic E-state index is 12.5. The molecule has 2 amide bonds.